The van der Waals surface area contributed by atoms with Crippen molar-refractivity contribution in [1.82, 2.24) is 4.90 Å². The van der Waals surface area contributed by atoms with Crippen molar-refractivity contribution in [2.24, 2.45) is 0 Å². The lowest BCUT2D eigenvalue weighted by molar-refractivity contribution is -0.130. The van der Waals surface area contributed by atoms with Crippen LogP contribution in [-0.4, -0.2) is 46.5 Å². The summed E-state index contributed by atoms with van der Waals surface area (Å²) in [6.07, 6.45) is 0.744. The molecule has 1 aliphatic rings. The molecule has 0 atom stereocenters. The largest absolute Gasteiger partial charge is 0.493 e. The maximum Gasteiger partial charge on any atom is 0.264 e. The Morgan fingerprint density at radius 2 is 1.57 bits per heavy atom. The first kappa shape index (κ1) is 24.6. The molecule has 0 fully saturated rings. The topological polar surface area (TPSA) is 76.2 Å². The predicted octanol–water partition coefficient (Wildman–Crippen LogP) is 4.10. The van der Waals surface area contributed by atoms with Crippen molar-refractivity contribution in [2.75, 3.05) is 31.6 Å². The minimum Gasteiger partial charge on any atom is -0.493 e. The smallest absolute Gasteiger partial charge is 0.264 e. The van der Waals surface area contributed by atoms with Crippen LogP contribution in [0.1, 0.15) is 22.3 Å². The molecule has 0 aromatic heterocycles. The van der Waals surface area contributed by atoms with E-state index in [1.807, 2.05) is 38.1 Å². The molecule has 0 N–H and O–H groups in total. The van der Waals surface area contributed by atoms with Crippen molar-refractivity contribution in [2.45, 2.75) is 31.7 Å². The van der Waals surface area contributed by atoms with E-state index < -0.39 is 10.0 Å². The molecule has 7 nitrogen and oxygen atoms in total. The summed E-state index contributed by atoms with van der Waals surface area (Å²) < 4.78 is 39.6. The molecule has 1 amide bonds. The van der Waals surface area contributed by atoms with Gasteiger partial charge in [0.15, 0.2) is 11.5 Å². The van der Waals surface area contributed by atoms with Gasteiger partial charge in [0.25, 0.3) is 10.0 Å². The third-order valence-corrected chi connectivity index (χ3v) is 7.97. The van der Waals surface area contributed by atoms with Crippen molar-refractivity contribution >= 4 is 21.6 Å². The van der Waals surface area contributed by atoms with E-state index in [2.05, 4.69) is 6.07 Å². The summed E-state index contributed by atoms with van der Waals surface area (Å²) in [6.45, 7) is 4.52. The van der Waals surface area contributed by atoms with Gasteiger partial charge in [0.05, 0.1) is 24.8 Å². The van der Waals surface area contributed by atoms with Gasteiger partial charge in [-0.15, -0.1) is 0 Å². The summed E-state index contributed by atoms with van der Waals surface area (Å²) in [6, 6.07) is 18.0. The van der Waals surface area contributed by atoms with Crippen LogP contribution >= 0.6 is 0 Å². The highest BCUT2D eigenvalue weighted by molar-refractivity contribution is 7.92. The van der Waals surface area contributed by atoms with E-state index in [1.54, 1.807) is 23.1 Å². The van der Waals surface area contributed by atoms with E-state index in [0.717, 1.165) is 23.1 Å². The Labute approximate surface area is 206 Å². The molecule has 0 saturated carbocycles. The van der Waals surface area contributed by atoms with Gasteiger partial charge in [-0.2, -0.15) is 0 Å². The minimum absolute atomic E-state index is 0.0195. The van der Waals surface area contributed by atoms with Crippen LogP contribution in [0.5, 0.6) is 11.5 Å². The van der Waals surface area contributed by atoms with E-state index in [1.165, 1.54) is 36.2 Å². The Hall–Kier alpha value is -3.52. The van der Waals surface area contributed by atoms with Crippen molar-refractivity contribution in [3.05, 3.63) is 82.9 Å². The van der Waals surface area contributed by atoms with E-state index in [4.69, 9.17) is 9.47 Å². The van der Waals surface area contributed by atoms with Crippen LogP contribution in [-0.2, 0) is 27.8 Å². The number of methoxy groups -OCH3 is 2. The van der Waals surface area contributed by atoms with Gasteiger partial charge in [0, 0.05) is 19.2 Å². The fraction of sp³-hybridized carbons (Fsp3) is 0.296. The van der Waals surface area contributed by atoms with Crippen molar-refractivity contribution in [3.63, 3.8) is 0 Å². The van der Waals surface area contributed by atoms with Gasteiger partial charge in [-0.3, -0.25) is 9.10 Å². The second kappa shape index (κ2) is 10.00. The third kappa shape index (κ3) is 5.12. The highest BCUT2D eigenvalue weighted by Gasteiger charge is 2.31. The summed E-state index contributed by atoms with van der Waals surface area (Å²) in [5.41, 5.74) is 4.58. The lowest BCUT2D eigenvalue weighted by Gasteiger charge is -2.32. The average molecular weight is 495 g/mol. The highest BCUT2D eigenvalue weighted by Crippen LogP contribution is 2.33. The SMILES string of the molecule is COc1ccc(S(=O)(=O)N(CC(=O)N2CCc3ccccc3C2)c2cc(C)cc(C)c2)cc1OC. The highest BCUT2D eigenvalue weighted by atomic mass is 32.2. The van der Waals surface area contributed by atoms with Crippen LogP contribution in [0.4, 0.5) is 5.69 Å². The fourth-order valence-corrected chi connectivity index (χ4v) is 5.86. The molecule has 35 heavy (non-hydrogen) atoms. The summed E-state index contributed by atoms with van der Waals surface area (Å²) in [4.78, 5) is 15.2. The molecule has 0 saturated heterocycles. The van der Waals surface area contributed by atoms with Gasteiger partial charge < -0.3 is 14.4 Å². The minimum atomic E-state index is -4.09. The maximum absolute atomic E-state index is 13.9. The lowest BCUT2D eigenvalue weighted by Crippen LogP contribution is -2.44. The predicted molar refractivity (Wildman–Crippen MR) is 136 cm³/mol. The zero-order valence-corrected chi connectivity index (χ0v) is 21.3. The molecule has 1 aliphatic heterocycles. The second-order valence-corrected chi connectivity index (χ2v) is 10.6. The van der Waals surface area contributed by atoms with Gasteiger partial charge in [0.1, 0.15) is 6.54 Å². The Bertz CT molecular complexity index is 1330. The molecule has 0 bridgehead atoms. The second-order valence-electron chi connectivity index (χ2n) is 8.71. The summed E-state index contributed by atoms with van der Waals surface area (Å²) in [5, 5.41) is 0. The summed E-state index contributed by atoms with van der Waals surface area (Å²) >= 11 is 0. The van der Waals surface area contributed by atoms with Crippen LogP contribution in [0.3, 0.4) is 0 Å². The Balaban J connectivity index is 1.71. The maximum atomic E-state index is 13.9. The molecule has 3 aromatic carbocycles. The number of aryl methyl sites for hydroxylation is 2. The Morgan fingerprint density at radius 1 is 0.914 bits per heavy atom. The van der Waals surface area contributed by atoms with E-state index >= 15 is 0 Å². The molecule has 184 valence electrons. The molecular formula is C27H30N2O5S. The van der Waals surface area contributed by atoms with Gasteiger partial charge >= 0.3 is 0 Å². The number of sulfonamides is 1. The molecule has 0 radical (unpaired) electrons. The first-order valence-electron chi connectivity index (χ1n) is 11.4. The van der Waals surface area contributed by atoms with Crippen LogP contribution in [0.2, 0.25) is 0 Å². The number of anilines is 1. The van der Waals surface area contributed by atoms with Crippen molar-refractivity contribution < 1.29 is 22.7 Å². The van der Waals surface area contributed by atoms with Crippen LogP contribution in [0.25, 0.3) is 0 Å². The first-order chi connectivity index (χ1) is 16.7. The number of hydrogen-bond acceptors (Lipinski definition) is 5. The van der Waals surface area contributed by atoms with Gasteiger partial charge in [0.2, 0.25) is 5.91 Å². The number of ether oxygens (including phenoxy) is 2. The van der Waals surface area contributed by atoms with E-state index in [-0.39, 0.29) is 17.3 Å². The Morgan fingerprint density at radius 3 is 2.23 bits per heavy atom. The third-order valence-electron chi connectivity index (χ3n) is 6.20. The van der Waals surface area contributed by atoms with Crippen molar-refractivity contribution in [3.8, 4) is 11.5 Å². The number of amides is 1. The van der Waals surface area contributed by atoms with E-state index in [9.17, 15) is 13.2 Å². The summed E-state index contributed by atoms with van der Waals surface area (Å²) in [5.74, 6) is 0.475. The summed E-state index contributed by atoms with van der Waals surface area (Å²) in [7, 11) is -1.15. The van der Waals surface area contributed by atoms with Crippen LogP contribution < -0.4 is 13.8 Å². The average Bonchev–Trinajstić information content (AvgIpc) is 2.85. The lowest BCUT2D eigenvalue weighted by atomic mass is 10.00. The molecular weight excluding hydrogens is 464 g/mol. The standard InChI is InChI=1S/C27H30N2O5S/c1-19-13-20(2)15-23(14-19)29(35(31,32)24-9-10-25(33-3)26(16-24)34-4)18-27(30)28-12-11-21-7-5-6-8-22(21)17-28/h5-10,13-16H,11-12,17-18H2,1-4H3. The monoisotopic (exact) mass is 494 g/mol. The first-order valence-corrected chi connectivity index (χ1v) is 12.8. The number of benzene rings is 3. The molecule has 0 unspecified atom stereocenters. The molecule has 0 aliphatic carbocycles. The number of nitrogens with zero attached hydrogens (tertiary/aromatic N) is 2. The zero-order valence-electron chi connectivity index (χ0n) is 20.4. The molecule has 3 aromatic rings. The van der Waals surface area contributed by atoms with Crippen LogP contribution in [0.15, 0.2) is 65.6 Å². The number of carbonyl (C=O) groups is 1. The Kier molecular flexibility index (Phi) is 7.03. The van der Waals surface area contributed by atoms with Crippen molar-refractivity contribution in [1.29, 1.82) is 0 Å². The van der Waals surface area contributed by atoms with Gasteiger partial charge in [-0.25, -0.2) is 8.42 Å². The zero-order chi connectivity index (χ0) is 25.2. The van der Waals surface area contributed by atoms with Gasteiger partial charge in [-0.1, -0.05) is 30.3 Å². The normalized spacial score (nSPS) is 13.2. The van der Waals surface area contributed by atoms with Gasteiger partial charge in [-0.05, 0) is 66.8 Å². The number of hydrogen-bond donors (Lipinski definition) is 0. The molecule has 0 spiro atoms. The fourth-order valence-electron chi connectivity index (χ4n) is 4.45. The van der Waals surface area contributed by atoms with E-state index in [0.29, 0.717) is 30.3 Å². The van der Waals surface area contributed by atoms with Crippen LogP contribution in [0, 0.1) is 13.8 Å². The molecule has 1 heterocycles. The molecule has 4 rings (SSSR count). The number of fused-ring (bicyclic) bond motifs is 1. The quantitative estimate of drug-likeness (QED) is 0.494. The number of rotatable bonds is 7. The number of carbonyl (C=O) groups excluding carboxylic acids is 1. The molecule has 8 heteroatoms.